The molecule has 0 radical (unpaired) electrons. The van der Waals surface area contributed by atoms with Gasteiger partial charge in [0.1, 0.15) is 0 Å². The smallest absolute Gasteiger partial charge is 0.225 e. The Balaban J connectivity index is 1.96. The molecule has 5 nitrogen and oxygen atoms in total. The minimum atomic E-state index is 0.535. The molecule has 2 heterocycles. The lowest BCUT2D eigenvalue weighted by molar-refractivity contribution is 0.169. The minimum Gasteiger partial charge on any atom is -0.338 e. The maximum absolute atomic E-state index is 4.53. The van der Waals surface area contributed by atoms with E-state index < -0.39 is 0 Å². The monoisotopic (exact) mass is 277 g/mol. The first-order valence-corrected chi connectivity index (χ1v) is 7.60. The van der Waals surface area contributed by atoms with Gasteiger partial charge in [-0.15, -0.1) is 0 Å². The first kappa shape index (κ1) is 15.2. The Labute approximate surface area is 122 Å². The molecule has 1 aliphatic heterocycles. The molecule has 5 heteroatoms. The fraction of sp³-hybridized carbons (Fsp3) is 0.733. The second kappa shape index (κ2) is 6.99. The molecule has 0 aromatic carbocycles. The molecule has 1 fully saturated rings. The van der Waals surface area contributed by atoms with E-state index in [4.69, 9.17) is 0 Å². The SMILES string of the molecule is CCCNCc1cnc(N2CC(C)N(C)C(C)C2)nc1. The third-order valence-electron chi connectivity index (χ3n) is 4.09. The number of rotatable bonds is 5. The molecule has 1 aliphatic rings. The van der Waals surface area contributed by atoms with Crippen molar-refractivity contribution in [1.82, 2.24) is 20.2 Å². The van der Waals surface area contributed by atoms with Crippen molar-refractivity contribution in [2.75, 3.05) is 31.6 Å². The summed E-state index contributed by atoms with van der Waals surface area (Å²) in [4.78, 5) is 13.8. The highest BCUT2D eigenvalue weighted by Gasteiger charge is 2.27. The van der Waals surface area contributed by atoms with Gasteiger partial charge in [-0.05, 0) is 33.9 Å². The average molecular weight is 277 g/mol. The van der Waals surface area contributed by atoms with Crippen molar-refractivity contribution in [3.8, 4) is 0 Å². The zero-order valence-electron chi connectivity index (χ0n) is 13.1. The summed E-state index contributed by atoms with van der Waals surface area (Å²) in [6.45, 7) is 10.6. The number of nitrogens with one attached hydrogen (secondary N) is 1. The van der Waals surface area contributed by atoms with Crippen molar-refractivity contribution in [1.29, 1.82) is 0 Å². The number of likely N-dealkylation sites (N-methyl/N-ethyl adjacent to an activating group) is 1. The van der Waals surface area contributed by atoms with E-state index in [1.807, 2.05) is 12.4 Å². The van der Waals surface area contributed by atoms with Crippen molar-refractivity contribution >= 4 is 5.95 Å². The molecule has 1 saturated heterocycles. The van der Waals surface area contributed by atoms with Gasteiger partial charge in [-0.1, -0.05) is 6.92 Å². The third-order valence-corrected chi connectivity index (χ3v) is 4.09. The van der Waals surface area contributed by atoms with Crippen LogP contribution in [-0.4, -0.2) is 53.6 Å². The number of aromatic nitrogens is 2. The van der Waals surface area contributed by atoms with Crippen LogP contribution in [0.5, 0.6) is 0 Å². The summed E-state index contributed by atoms with van der Waals surface area (Å²) in [5, 5.41) is 3.37. The van der Waals surface area contributed by atoms with E-state index in [1.54, 1.807) is 0 Å². The van der Waals surface area contributed by atoms with Crippen LogP contribution in [0.25, 0.3) is 0 Å². The Bertz CT molecular complexity index is 393. The standard InChI is InChI=1S/C15H27N5/c1-5-6-16-7-14-8-17-15(18-9-14)20-10-12(2)19(4)13(3)11-20/h8-9,12-13,16H,5-7,10-11H2,1-4H3. The fourth-order valence-electron chi connectivity index (χ4n) is 2.58. The van der Waals surface area contributed by atoms with Crippen LogP contribution < -0.4 is 10.2 Å². The van der Waals surface area contributed by atoms with E-state index in [9.17, 15) is 0 Å². The van der Waals surface area contributed by atoms with Crippen molar-refractivity contribution < 1.29 is 0 Å². The quantitative estimate of drug-likeness (QED) is 0.827. The average Bonchev–Trinajstić information content (AvgIpc) is 2.45. The van der Waals surface area contributed by atoms with Crippen LogP contribution in [-0.2, 0) is 6.54 Å². The Kier molecular flexibility index (Phi) is 5.31. The number of piperazine rings is 1. The zero-order chi connectivity index (χ0) is 14.5. The predicted octanol–water partition coefficient (Wildman–Crippen LogP) is 1.50. The van der Waals surface area contributed by atoms with Crippen molar-refractivity contribution in [2.24, 2.45) is 0 Å². The van der Waals surface area contributed by atoms with E-state index in [1.165, 1.54) is 0 Å². The molecule has 0 amide bonds. The highest BCUT2D eigenvalue weighted by molar-refractivity contribution is 5.31. The van der Waals surface area contributed by atoms with Gasteiger partial charge in [0.25, 0.3) is 0 Å². The largest absolute Gasteiger partial charge is 0.338 e. The first-order chi connectivity index (χ1) is 9.61. The summed E-state index contributed by atoms with van der Waals surface area (Å²) in [6.07, 6.45) is 5.04. The Hall–Kier alpha value is -1.20. The number of hydrogen-bond acceptors (Lipinski definition) is 5. The highest BCUT2D eigenvalue weighted by Crippen LogP contribution is 2.17. The topological polar surface area (TPSA) is 44.3 Å². The molecule has 2 atom stereocenters. The molecule has 112 valence electrons. The van der Waals surface area contributed by atoms with Gasteiger partial charge in [0.05, 0.1) is 0 Å². The normalized spacial score (nSPS) is 24.1. The van der Waals surface area contributed by atoms with E-state index in [2.05, 4.69) is 52.9 Å². The van der Waals surface area contributed by atoms with E-state index >= 15 is 0 Å². The molecule has 0 saturated carbocycles. The molecule has 1 N–H and O–H groups in total. The summed E-state index contributed by atoms with van der Waals surface area (Å²) in [5.41, 5.74) is 1.15. The van der Waals surface area contributed by atoms with Crippen LogP contribution in [0.15, 0.2) is 12.4 Å². The van der Waals surface area contributed by atoms with Crippen LogP contribution in [0.2, 0.25) is 0 Å². The van der Waals surface area contributed by atoms with Crippen LogP contribution in [0.3, 0.4) is 0 Å². The number of nitrogens with zero attached hydrogens (tertiary/aromatic N) is 4. The number of anilines is 1. The van der Waals surface area contributed by atoms with E-state index in [0.29, 0.717) is 12.1 Å². The lowest BCUT2D eigenvalue weighted by Crippen LogP contribution is -2.55. The highest BCUT2D eigenvalue weighted by atomic mass is 15.3. The van der Waals surface area contributed by atoms with E-state index in [-0.39, 0.29) is 0 Å². The number of hydrogen-bond donors (Lipinski definition) is 1. The van der Waals surface area contributed by atoms with Gasteiger partial charge in [-0.3, -0.25) is 4.90 Å². The second-order valence-corrected chi connectivity index (χ2v) is 5.84. The first-order valence-electron chi connectivity index (χ1n) is 7.60. The van der Waals surface area contributed by atoms with Gasteiger partial charge in [0.15, 0.2) is 0 Å². The molecule has 2 rings (SSSR count). The third kappa shape index (κ3) is 3.67. The summed E-state index contributed by atoms with van der Waals surface area (Å²) < 4.78 is 0. The van der Waals surface area contributed by atoms with Gasteiger partial charge in [-0.25, -0.2) is 9.97 Å². The molecular formula is C15H27N5. The van der Waals surface area contributed by atoms with Crippen molar-refractivity contribution in [3.63, 3.8) is 0 Å². The van der Waals surface area contributed by atoms with Gasteiger partial charge in [-0.2, -0.15) is 0 Å². The Morgan fingerprint density at radius 2 is 1.80 bits per heavy atom. The van der Waals surface area contributed by atoms with Gasteiger partial charge in [0, 0.05) is 49.7 Å². The summed E-state index contributed by atoms with van der Waals surface area (Å²) in [6, 6.07) is 1.07. The van der Waals surface area contributed by atoms with Gasteiger partial charge in [0.2, 0.25) is 5.95 Å². The van der Waals surface area contributed by atoms with Crippen LogP contribution in [0.4, 0.5) is 5.95 Å². The van der Waals surface area contributed by atoms with Gasteiger partial charge < -0.3 is 10.2 Å². The zero-order valence-corrected chi connectivity index (χ0v) is 13.1. The molecule has 0 aliphatic carbocycles. The molecule has 1 aromatic heterocycles. The molecular weight excluding hydrogens is 250 g/mol. The lowest BCUT2D eigenvalue weighted by Gasteiger charge is -2.42. The summed E-state index contributed by atoms with van der Waals surface area (Å²) >= 11 is 0. The second-order valence-electron chi connectivity index (χ2n) is 5.84. The Morgan fingerprint density at radius 3 is 2.35 bits per heavy atom. The van der Waals surface area contributed by atoms with Crippen molar-refractivity contribution in [2.45, 2.75) is 45.8 Å². The molecule has 1 aromatic rings. The maximum atomic E-state index is 4.53. The molecule has 0 spiro atoms. The summed E-state index contributed by atoms with van der Waals surface area (Å²) in [7, 11) is 2.19. The van der Waals surface area contributed by atoms with Crippen LogP contribution in [0.1, 0.15) is 32.8 Å². The lowest BCUT2D eigenvalue weighted by atomic mass is 10.1. The molecule has 0 bridgehead atoms. The van der Waals surface area contributed by atoms with Gasteiger partial charge >= 0.3 is 0 Å². The van der Waals surface area contributed by atoms with Crippen LogP contribution >= 0.6 is 0 Å². The predicted molar refractivity (Wildman–Crippen MR) is 82.9 cm³/mol. The summed E-state index contributed by atoms with van der Waals surface area (Å²) in [5.74, 6) is 0.857. The maximum Gasteiger partial charge on any atom is 0.225 e. The minimum absolute atomic E-state index is 0.535. The van der Waals surface area contributed by atoms with E-state index in [0.717, 1.165) is 44.1 Å². The Morgan fingerprint density at radius 1 is 1.20 bits per heavy atom. The van der Waals surface area contributed by atoms with Crippen LogP contribution in [0, 0.1) is 0 Å². The van der Waals surface area contributed by atoms with Crippen molar-refractivity contribution in [3.05, 3.63) is 18.0 Å². The molecule has 20 heavy (non-hydrogen) atoms. The fourth-order valence-corrected chi connectivity index (χ4v) is 2.58. The molecule has 2 unspecified atom stereocenters.